The van der Waals surface area contributed by atoms with Crippen LogP contribution in [0, 0.1) is 5.92 Å². The molecule has 1 nitrogen and oxygen atoms in total. The molecule has 1 N–H and O–H groups in total. The van der Waals surface area contributed by atoms with Gasteiger partial charge in [-0.1, -0.05) is 38.1 Å². The van der Waals surface area contributed by atoms with E-state index in [9.17, 15) is 71.0 Å². The predicted molar refractivity (Wildman–Crippen MR) is 94.9 cm³/mol. The molecule has 1 rings (SSSR count). The Kier molecular flexibility index (Phi) is 8.18. The second kappa shape index (κ2) is 9.15. The number of hydrogen-bond donors (Lipinski definition) is 1. The maximum atomic E-state index is 14.3. The molecule has 0 aliphatic carbocycles. The Labute approximate surface area is 194 Å². The van der Waals surface area contributed by atoms with E-state index in [1.54, 1.807) is 13.8 Å². The van der Waals surface area contributed by atoms with Crippen LogP contribution in [0.1, 0.15) is 38.3 Å². The lowest BCUT2D eigenvalue weighted by Crippen LogP contribution is -2.72. The van der Waals surface area contributed by atoms with E-state index in [0.29, 0.717) is 6.92 Å². The van der Waals surface area contributed by atoms with E-state index in [0.717, 1.165) is 12.1 Å². The molecule has 0 aliphatic heterocycles. The maximum Gasteiger partial charge on any atom is 0.460 e. The van der Waals surface area contributed by atoms with E-state index in [-0.39, 0.29) is 17.9 Å². The van der Waals surface area contributed by atoms with Crippen LogP contribution in [-0.2, 0) is 12.0 Å². The van der Waals surface area contributed by atoms with Crippen LogP contribution < -0.4 is 0 Å². The fourth-order valence-electron chi connectivity index (χ4n) is 3.30. The number of halogens is 15. The smallest absolute Gasteiger partial charge is 0.385 e. The molecule has 0 fully saturated rings. The van der Waals surface area contributed by atoms with Gasteiger partial charge in [-0.15, -0.1) is 0 Å². The molecule has 1 atom stereocenters. The summed E-state index contributed by atoms with van der Waals surface area (Å²) in [6, 6.07) is 4.49. The largest absolute Gasteiger partial charge is 0.460 e. The molecular weight excluding hydrogens is 541 g/mol. The third-order valence-electron chi connectivity index (χ3n) is 5.18. The van der Waals surface area contributed by atoms with Crippen molar-refractivity contribution >= 4 is 0 Å². The standard InChI is InChI=1S/C20H19F15O/c1-10(2)8-11-6-4-5-7-12(11)13(3,36)9-14(21,22)15(23,24)16(25,26)17(27,28)18(29,30)19(31,32)20(33,34)35/h4-7,10,36H,8-9H2,1-3H3. The Hall–Kier alpha value is -1.87. The molecular formula is C20H19F15O. The normalized spacial score (nSPS) is 16.9. The average Bonchev–Trinajstić information content (AvgIpc) is 2.65. The summed E-state index contributed by atoms with van der Waals surface area (Å²) in [5, 5.41) is 10.4. The summed E-state index contributed by atoms with van der Waals surface area (Å²) in [4.78, 5) is 0. The number of rotatable bonds is 10. The topological polar surface area (TPSA) is 20.2 Å². The highest BCUT2D eigenvalue weighted by atomic mass is 19.4. The summed E-state index contributed by atoms with van der Waals surface area (Å²) < 4.78 is 201. The molecule has 210 valence electrons. The third kappa shape index (κ3) is 4.97. The van der Waals surface area contributed by atoms with Crippen molar-refractivity contribution in [1.29, 1.82) is 0 Å². The molecule has 0 aromatic heterocycles. The Bertz CT molecular complexity index is 916. The summed E-state index contributed by atoms with van der Waals surface area (Å²) in [5.41, 5.74) is -3.77. The van der Waals surface area contributed by atoms with Gasteiger partial charge in [-0.2, -0.15) is 65.9 Å². The van der Waals surface area contributed by atoms with Gasteiger partial charge < -0.3 is 5.11 Å². The van der Waals surface area contributed by atoms with E-state index >= 15 is 0 Å². The zero-order valence-electron chi connectivity index (χ0n) is 18.4. The minimum atomic E-state index is -8.35. The van der Waals surface area contributed by atoms with E-state index < -0.39 is 59.3 Å². The molecule has 0 saturated carbocycles. The van der Waals surface area contributed by atoms with Gasteiger partial charge in [0.05, 0.1) is 12.0 Å². The zero-order valence-corrected chi connectivity index (χ0v) is 18.4. The summed E-state index contributed by atoms with van der Waals surface area (Å²) >= 11 is 0. The van der Waals surface area contributed by atoms with Crippen LogP contribution in [-0.4, -0.2) is 46.8 Å². The molecule has 0 saturated heterocycles. The summed E-state index contributed by atoms with van der Waals surface area (Å²) in [6.07, 6.45) is -10.5. The first-order valence-corrected chi connectivity index (χ1v) is 9.76. The van der Waals surface area contributed by atoms with Crippen molar-refractivity contribution in [1.82, 2.24) is 0 Å². The summed E-state index contributed by atoms with van der Waals surface area (Å²) in [7, 11) is 0. The van der Waals surface area contributed by atoms with Gasteiger partial charge in [-0.25, -0.2) is 0 Å². The molecule has 0 bridgehead atoms. The van der Waals surface area contributed by atoms with Crippen LogP contribution in [0.4, 0.5) is 65.9 Å². The van der Waals surface area contributed by atoms with Crippen LogP contribution in [0.25, 0.3) is 0 Å². The van der Waals surface area contributed by atoms with Crippen molar-refractivity contribution in [3.05, 3.63) is 35.4 Å². The Morgan fingerprint density at radius 3 is 1.44 bits per heavy atom. The minimum absolute atomic E-state index is 0.00126. The maximum absolute atomic E-state index is 14.3. The third-order valence-corrected chi connectivity index (χ3v) is 5.18. The fourth-order valence-corrected chi connectivity index (χ4v) is 3.30. The van der Waals surface area contributed by atoms with Gasteiger partial charge in [0.2, 0.25) is 0 Å². The quantitative estimate of drug-likeness (QED) is 0.289. The lowest BCUT2D eigenvalue weighted by Gasteiger charge is -2.42. The summed E-state index contributed by atoms with van der Waals surface area (Å²) in [5.74, 6) is -47.3. The first-order chi connectivity index (χ1) is 15.6. The highest BCUT2D eigenvalue weighted by Crippen LogP contribution is 2.63. The van der Waals surface area contributed by atoms with Crippen molar-refractivity contribution in [3.63, 3.8) is 0 Å². The molecule has 0 heterocycles. The van der Waals surface area contributed by atoms with Crippen LogP contribution in [0.2, 0.25) is 0 Å². The molecule has 1 aromatic carbocycles. The van der Waals surface area contributed by atoms with Crippen molar-refractivity contribution in [2.75, 3.05) is 0 Å². The van der Waals surface area contributed by atoms with Gasteiger partial charge in [-0.3, -0.25) is 0 Å². The molecule has 0 spiro atoms. The molecule has 1 aromatic rings. The second-order valence-corrected chi connectivity index (χ2v) is 8.78. The number of alkyl halides is 15. The predicted octanol–water partition coefficient (Wildman–Crippen LogP) is 7.86. The first kappa shape index (κ1) is 32.2. The highest BCUT2D eigenvalue weighted by Gasteiger charge is 2.93. The van der Waals surface area contributed by atoms with Crippen molar-refractivity contribution < 1.29 is 71.0 Å². The molecule has 0 aliphatic rings. The van der Waals surface area contributed by atoms with E-state index in [4.69, 9.17) is 0 Å². The minimum Gasteiger partial charge on any atom is -0.385 e. The number of aliphatic hydroxyl groups is 1. The van der Waals surface area contributed by atoms with Crippen LogP contribution in [0.5, 0.6) is 0 Å². The lowest BCUT2D eigenvalue weighted by atomic mass is 9.81. The van der Waals surface area contributed by atoms with Crippen molar-refractivity contribution in [2.45, 2.75) is 80.9 Å². The monoisotopic (exact) mass is 560 g/mol. The lowest BCUT2D eigenvalue weighted by molar-refractivity contribution is -0.453. The Morgan fingerprint density at radius 1 is 0.639 bits per heavy atom. The van der Waals surface area contributed by atoms with Gasteiger partial charge in [0.25, 0.3) is 0 Å². The molecule has 1 unspecified atom stereocenters. The fraction of sp³-hybridized carbons (Fsp3) is 0.700. The highest BCUT2D eigenvalue weighted by molar-refractivity contribution is 5.33. The van der Waals surface area contributed by atoms with Gasteiger partial charge >= 0.3 is 41.7 Å². The van der Waals surface area contributed by atoms with E-state index in [2.05, 4.69) is 0 Å². The second-order valence-electron chi connectivity index (χ2n) is 8.78. The van der Waals surface area contributed by atoms with Gasteiger partial charge in [0.1, 0.15) is 0 Å². The van der Waals surface area contributed by atoms with Crippen LogP contribution in [0.15, 0.2) is 24.3 Å². The number of benzene rings is 1. The van der Waals surface area contributed by atoms with Gasteiger partial charge in [-0.05, 0) is 30.4 Å². The Balaban J connectivity index is 3.58. The average molecular weight is 560 g/mol. The molecule has 0 amide bonds. The molecule has 16 heteroatoms. The van der Waals surface area contributed by atoms with Gasteiger partial charge in [0, 0.05) is 0 Å². The van der Waals surface area contributed by atoms with E-state index in [1.165, 1.54) is 12.1 Å². The molecule has 0 radical (unpaired) electrons. The van der Waals surface area contributed by atoms with Crippen LogP contribution >= 0.6 is 0 Å². The van der Waals surface area contributed by atoms with Crippen LogP contribution in [0.3, 0.4) is 0 Å². The van der Waals surface area contributed by atoms with Gasteiger partial charge in [0.15, 0.2) is 0 Å². The van der Waals surface area contributed by atoms with Crippen molar-refractivity contribution in [2.24, 2.45) is 5.92 Å². The SMILES string of the molecule is CC(C)Cc1ccccc1C(C)(O)CC(F)(F)C(F)(F)C(F)(F)C(F)(F)C(F)(F)C(F)(F)C(F)(F)F. The first-order valence-electron chi connectivity index (χ1n) is 9.76. The zero-order chi connectivity index (χ0) is 29.0. The Morgan fingerprint density at radius 2 is 1.03 bits per heavy atom. The van der Waals surface area contributed by atoms with Crippen molar-refractivity contribution in [3.8, 4) is 0 Å². The summed E-state index contributed by atoms with van der Waals surface area (Å²) in [6.45, 7) is 3.56. The number of hydrogen-bond acceptors (Lipinski definition) is 1. The van der Waals surface area contributed by atoms with E-state index in [1.807, 2.05) is 0 Å². The molecule has 36 heavy (non-hydrogen) atoms.